The van der Waals surface area contributed by atoms with Gasteiger partial charge in [0, 0.05) is 17.4 Å². The second-order valence-corrected chi connectivity index (χ2v) is 16.3. The smallest absolute Gasteiger partial charge is 0.262 e. The number of hydrogen-bond donors (Lipinski definition) is 4. The van der Waals surface area contributed by atoms with Crippen LogP contribution in [-0.4, -0.2) is 62.6 Å². The van der Waals surface area contributed by atoms with Gasteiger partial charge in [0.05, 0.1) is 0 Å². The summed E-state index contributed by atoms with van der Waals surface area (Å²) in [6.45, 7) is 10.3. The molecular weight excluding hydrogens is 510 g/mol. The first-order valence-corrected chi connectivity index (χ1v) is 15.4. The fraction of sp³-hybridized carbons (Fsp3) is 0.870. The number of carbonyl (C=O) groups excluding carboxylic acids is 3. The van der Waals surface area contributed by atoms with Crippen molar-refractivity contribution in [1.82, 2.24) is 14.9 Å². The molecule has 0 aromatic heterocycles. The third-order valence-electron chi connectivity index (χ3n) is 10.8. The van der Waals surface area contributed by atoms with Crippen molar-refractivity contribution < 1.29 is 36.4 Å². The van der Waals surface area contributed by atoms with E-state index >= 15 is 0 Å². The minimum Gasteiger partial charge on any atom is -0.298 e. The average Bonchev–Trinajstić information content (AvgIpc) is 3.26. The molecule has 0 radical (unpaired) electrons. The highest BCUT2D eigenvalue weighted by molar-refractivity contribution is 7.91. The fourth-order valence-electron chi connectivity index (χ4n) is 7.55. The Balaban J connectivity index is 1.54. The summed E-state index contributed by atoms with van der Waals surface area (Å²) in [6, 6.07) is -1.73. The summed E-state index contributed by atoms with van der Waals surface area (Å²) in [6.07, 6.45) is 2.26. The Morgan fingerprint density at radius 1 is 0.861 bits per heavy atom. The highest BCUT2D eigenvalue weighted by atomic mass is 32.2. The van der Waals surface area contributed by atoms with Crippen LogP contribution in [0.2, 0.25) is 0 Å². The standard InChI is InChI=1S/C23H37N3O8S2/c1-20(2)12-7-9-22(20,5)17(27)15(12)35(31,32)24-11-14(19(29)25-30)26-36(33,34)16-13-8-10-23(6,18(16)28)21(13,3)4/h12-16,24,26,30H,7-11H2,1-6H3,(H,25,29). The first-order chi connectivity index (χ1) is 16.3. The van der Waals surface area contributed by atoms with Crippen LogP contribution in [0, 0.1) is 33.5 Å². The Bertz CT molecular complexity index is 1230. The number of amides is 1. The van der Waals surface area contributed by atoms with Crippen LogP contribution in [0.25, 0.3) is 0 Å². The molecule has 204 valence electrons. The van der Waals surface area contributed by atoms with Gasteiger partial charge in [0.25, 0.3) is 5.91 Å². The van der Waals surface area contributed by atoms with E-state index in [1.807, 2.05) is 27.7 Å². The van der Waals surface area contributed by atoms with Crippen LogP contribution in [0.4, 0.5) is 0 Å². The van der Waals surface area contributed by atoms with Gasteiger partial charge in [-0.15, -0.1) is 0 Å². The molecule has 0 aromatic rings. The Hall–Kier alpha value is -1.41. The lowest BCUT2D eigenvalue weighted by molar-refractivity contribution is -0.131. The molecule has 4 aliphatic rings. The summed E-state index contributed by atoms with van der Waals surface area (Å²) < 4.78 is 57.5. The number of nitrogens with one attached hydrogen (secondary N) is 3. The first kappa shape index (κ1) is 27.6. The second kappa shape index (κ2) is 8.05. The maximum Gasteiger partial charge on any atom is 0.262 e. The zero-order valence-electron chi connectivity index (χ0n) is 21.5. The van der Waals surface area contributed by atoms with Crippen LogP contribution in [0.15, 0.2) is 0 Å². The summed E-state index contributed by atoms with van der Waals surface area (Å²) in [4.78, 5) is 38.6. The summed E-state index contributed by atoms with van der Waals surface area (Å²) in [5, 5.41) is 6.49. The lowest BCUT2D eigenvalue weighted by Crippen LogP contribution is -2.57. The van der Waals surface area contributed by atoms with E-state index in [4.69, 9.17) is 0 Å². The van der Waals surface area contributed by atoms with Gasteiger partial charge in [-0.2, -0.15) is 0 Å². The predicted octanol–water partition coefficient (Wildman–Crippen LogP) is 0.487. The van der Waals surface area contributed by atoms with E-state index in [9.17, 15) is 36.4 Å². The molecule has 4 bridgehead atoms. The molecule has 4 N–H and O–H groups in total. The monoisotopic (exact) mass is 547 g/mol. The third-order valence-corrected chi connectivity index (χ3v) is 14.4. The Kier molecular flexibility index (Phi) is 6.17. The Labute approximate surface area is 212 Å². The summed E-state index contributed by atoms with van der Waals surface area (Å²) in [5.74, 6) is -2.87. The molecule has 13 heteroatoms. The van der Waals surface area contributed by atoms with Crippen LogP contribution < -0.4 is 14.9 Å². The number of sulfonamides is 2. The molecule has 11 nitrogen and oxygen atoms in total. The van der Waals surface area contributed by atoms with Crippen molar-refractivity contribution in [3.63, 3.8) is 0 Å². The topological polar surface area (TPSA) is 176 Å². The van der Waals surface area contributed by atoms with Gasteiger partial charge in [-0.1, -0.05) is 41.5 Å². The van der Waals surface area contributed by atoms with Crippen LogP contribution in [0.1, 0.15) is 67.2 Å². The lowest BCUT2D eigenvalue weighted by Gasteiger charge is -2.32. The number of fused-ring (bicyclic) bond motifs is 4. The number of hydrogen-bond acceptors (Lipinski definition) is 8. The Morgan fingerprint density at radius 2 is 1.28 bits per heavy atom. The van der Waals surface area contributed by atoms with Gasteiger partial charge in [-0.25, -0.2) is 31.8 Å². The van der Waals surface area contributed by atoms with E-state index < -0.39 is 88.3 Å². The molecule has 4 fully saturated rings. The van der Waals surface area contributed by atoms with E-state index in [2.05, 4.69) is 9.44 Å². The van der Waals surface area contributed by atoms with Crippen molar-refractivity contribution in [2.24, 2.45) is 33.5 Å². The summed E-state index contributed by atoms with van der Waals surface area (Å²) in [5.41, 5.74) is -1.35. The van der Waals surface area contributed by atoms with Gasteiger partial charge >= 0.3 is 0 Å². The molecule has 4 rings (SSSR count). The number of ketones is 2. The van der Waals surface area contributed by atoms with E-state index in [-0.39, 0.29) is 5.78 Å². The van der Waals surface area contributed by atoms with Crippen LogP contribution in [0.3, 0.4) is 0 Å². The van der Waals surface area contributed by atoms with E-state index in [1.54, 1.807) is 13.8 Å². The minimum absolute atomic E-state index is 0.386. The molecule has 4 aliphatic carbocycles. The molecular formula is C23H37N3O8S2. The molecule has 0 aromatic carbocycles. The maximum absolute atomic E-state index is 13.3. The molecule has 36 heavy (non-hydrogen) atoms. The summed E-state index contributed by atoms with van der Waals surface area (Å²) >= 11 is 0. The van der Waals surface area contributed by atoms with Gasteiger partial charge in [-0.3, -0.25) is 19.6 Å². The highest BCUT2D eigenvalue weighted by Gasteiger charge is 2.70. The zero-order chi connectivity index (χ0) is 27.3. The first-order valence-electron chi connectivity index (χ1n) is 12.3. The number of rotatable bonds is 8. The number of Topliss-reactive ketones (excluding diaryl/α,β-unsaturated/α-hetero) is 2. The molecule has 1 amide bonds. The van der Waals surface area contributed by atoms with Gasteiger partial charge in [0.2, 0.25) is 20.0 Å². The normalized spacial score (nSPS) is 39.5. The van der Waals surface area contributed by atoms with E-state index in [0.29, 0.717) is 25.7 Å². The molecule has 0 aliphatic heterocycles. The van der Waals surface area contributed by atoms with Crippen molar-refractivity contribution in [2.75, 3.05) is 6.54 Å². The quantitative estimate of drug-likeness (QED) is 0.251. The van der Waals surface area contributed by atoms with Gasteiger partial charge in [0.15, 0.2) is 11.6 Å². The minimum atomic E-state index is -4.41. The van der Waals surface area contributed by atoms with Gasteiger partial charge < -0.3 is 0 Å². The highest BCUT2D eigenvalue weighted by Crippen LogP contribution is 2.65. The van der Waals surface area contributed by atoms with Crippen LogP contribution in [-0.2, 0) is 34.4 Å². The number of hydroxylamine groups is 1. The van der Waals surface area contributed by atoms with Gasteiger partial charge in [-0.05, 0) is 48.3 Å². The van der Waals surface area contributed by atoms with Crippen LogP contribution in [0.5, 0.6) is 0 Å². The SMILES string of the molecule is CC12CCC(C(S(=O)(=O)NCC(NS(=O)(=O)C3C(=O)C4(C)CCC3C4(C)C)C(=O)NO)C1=O)C2(C)C. The molecule has 4 saturated carbocycles. The Morgan fingerprint density at radius 3 is 1.64 bits per heavy atom. The van der Waals surface area contributed by atoms with Crippen molar-refractivity contribution in [3.05, 3.63) is 0 Å². The van der Waals surface area contributed by atoms with Crippen molar-refractivity contribution in [2.45, 2.75) is 83.8 Å². The third kappa shape index (κ3) is 3.41. The van der Waals surface area contributed by atoms with E-state index in [0.717, 1.165) is 0 Å². The lowest BCUT2D eigenvalue weighted by atomic mass is 9.70. The zero-order valence-corrected chi connectivity index (χ0v) is 23.2. The van der Waals surface area contributed by atoms with Crippen LogP contribution >= 0.6 is 0 Å². The van der Waals surface area contributed by atoms with Crippen molar-refractivity contribution in [3.8, 4) is 0 Å². The van der Waals surface area contributed by atoms with Gasteiger partial charge in [0.1, 0.15) is 16.5 Å². The molecule has 0 saturated heterocycles. The molecule has 7 unspecified atom stereocenters. The molecule has 7 atom stereocenters. The summed E-state index contributed by atoms with van der Waals surface area (Å²) in [7, 11) is -8.68. The van der Waals surface area contributed by atoms with Crippen molar-refractivity contribution >= 4 is 37.5 Å². The molecule has 0 spiro atoms. The maximum atomic E-state index is 13.3. The predicted molar refractivity (Wildman–Crippen MR) is 130 cm³/mol. The fourth-order valence-corrected chi connectivity index (χ4v) is 11.8. The second-order valence-electron chi connectivity index (χ2n) is 12.6. The van der Waals surface area contributed by atoms with E-state index in [1.165, 1.54) is 5.48 Å². The molecule has 0 heterocycles. The van der Waals surface area contributed by atoms with Crippen molar-refractivity contribution in [1.29, 1.82) is 0 Å². The average molecular weight is 548 g/mol. The largest absolute Gasteiger partial charge is 0.298 e. The number of carbonyl (C=O) groups is 3.